The molecule has 108 valence electrons. The molecule has 0 radical (unpaired) electrons. The van der Waals surface area contributed by atoms with Gasteiger partial charge in [0.1, 0.15) is 0 Å². The van der Waals surface area contributed by atoms with E-state index in [1.165, 1.54) is 17.5 Å². The monoisotopic (exact) mass is 338 g/mol. The molecule has 1 fully saturated rings. The third kappa shape index (κ3) is 2.90. The lowest BCUT2D eigenvalue weighted by molar-refractivity contribution is -0.138. The van der Waals surface area contributed by atoms with Gasteiger partial charge in [0.25, 0.3) is 0 Å². The van der Waals surface area contributed by atoms with Gasteiger partial charge in [-0.1, -0.05) is 22.0 Å². The van der Waals surface area contributed by atoms with E-state index in [0.717, 1.165) is 37.1 Å². The summed E-state index contributed by atoms with van der Waals surface area (Å²) < 4.78 is 1.16. The standard InChI is InChI=1S/C15H19BrN2O2/c16-12-2-3-13-11(9-12)1-4-14(13)18-7-5-17(6-8-18)10-15(19)20/h2-3,9,14H,1,4-8,10H2,(H,19,20). The highest BCUT2D eigenvalue weighted by Crippen LogP contribution is 2.37. The fourth-order valence-corrected chi connectivity index (χ4v) is 3.78. The number of carboxylic acids is 1. The van der Waals surface area contributed by atoms with E-state index in [1.807, 2.05) is 4.90 Å². The van der Waals surface area contributed by atoms with Gasteiger partial charge in [-0.15, -0.1) is 0 Å². The lowest BCUT2D eigenvalue weighted by atomic mass is 10.1. The maximum absolute atomic E-state index is 10.7. The van der Waals surface area contributed by atoms with Crippen molar-refractivity contribution in [1.29, 1.82) is 0 Å². The van der Waals surface area contributed by atoms with Crippen LogP contribution in [-0.4, -0.2) is 53.6 Å². The van der Waals surface area contributed by atoms with Crippen molar-refractivity contribution < 1.29 is 9.90 Å². The van der Waals surface area contributed by atoms with Crippen LogP contribution in [0.25, 0.3) is 0 Å². The normalized spacial score (nSPS) is 23.8. The molecule has 0 spiro atoms. The summed E-state index contributed by atoms with van der Waals surface area (Å²) in [4.78, 5) is 15.3. The van der Waals surface area contributed by atoms with E-state index in [0.29, 0.717) is 6.04 Å². The zero-order valence-electron chi connectivity index (χ0n) is 11.4. The number of benzene rings is 1. The summed E-state index contributed by atoms with van der Waals surface area (Å²) in [6.45, 7) is 3.81. The average Bonchev–Trinajstić information content (AvgIpc) is 2.82. The number of aryl methyl sites for hydroxylation is 1. The van der Waals surface area contributed by atoms with Gasteiger partial charge >= 0.3 is 5.97 Å². The highest BCUT2D eigenvalue weighted by Gasteiger charge is 2.30. The second-order valence-electron chi connectivity index (χ2n) is 5.60. The molecule has 20 heavy (non-hydrogen) atoms. The summed E-state index contributed by atoms with van der Waals surface area (Å²) in [5.41, 5.74) is 2.91. The Hall–Kier alpha value is -0.910. The molecule has 0 bridgehead atoms. The van der Waals surface area contributed by atoms with Crippen molar-refractivity contribution in [3.8, 4) is 0 Å². The zero-order valence-corrected chi connectivity index (χ0v) is 13.0. The van der Waals surface area contributed by atoms with Gasteiger partial charge in [-0.05, 0) is 36.1 Å². The minimum Gasteiger partial charge on any atom is -0.480 e. The topological polar surface area (TPSA) is 43.8 Å². The number of fused-ring (bicyclic) bond motifs is 1. The van der Waals surface area contributed by atoms with Crippen LogP contribution in [0.3, 0.4) is 0 Å². The van der Waals surface area contributed by atoms with Crippen LogP contribution in [0.15, 0.2) is 22.7 Å². The van der Waals surface area contributed by atoms with Crippen LogP contribution in [0.4, 0.5) is 0 Å². The van der Waals surface area contributed by atoms with E-state index in [4.69, 9.17) is 5.11 Å². The Kier molecular flexibility index (Phi) is 4.10. The molecule has 5 heteroatoms. The highest BCUT2D eigenvalue weighted by molar-refractivity contribution is 9.10. The van der Waals surface area contributed by atoms with Gasteiger partial charge < -0.3 is 5.11 Å². The number of hydrogen-bond donors (Lipinski definition) is 1. The summed E-state index contributed by atoms with van der Waals surface area (Å²) in [7, 11) is 0. The van der Waals surface area contributed by atoms with Gasteiger partial charge in [0.05, 0.1) is 6.54 Å². The Bertz CT molecular complexity index is 513. The summed E-state index contributed by atoms with van der Waals surface area (Å²) in [5.74, 6) is -0.727. The Morgan fingerprint density at radius 1 is 1.30 bits per heavy atom. The average molecular weight is 339 g/mol. The van der Waals surface area contributed by atoms with Crippen molar-refractivity contribution >= 4 is 21.9 Å². The third-order valence-electron chi connectivity index (χ3n) is 4.36. The summed E-state index contributed by atoms with van der Waals surface area (Å²) in [5, 5.41) is 8.84. The molecule has 1 aromatic rings. The van der Waals surface area contributed by atoms with E-state index < -0.39 is 5.97 Å². The number of aliphatic carboxylic acids is 1. The van der Waals surface area contributed by atoms with Crippen LogP contribution >= 0.6 is 15.9 Å². The van der Waals surface area contributed by atoms with Crippen LogP contribution in [0.5, 0.6) is 0 Å². The Labute approximate surface area is 127 Å². The number of carboxylic acid groups (broad SMARTS) is 1. The van der Waals surface area contributed by atoms with Crippen molar-refractivity contribution in [2.24, 2.45) is 0 Å². The van der Waals surface area contributed by atoms with Crippen molar-refractivity contribution in [2.75, 3.05) is 32.7 Å². The first-order valence-electron chi connectivity index (χ1n) is 7.10. The fourth-order valence-electron chi connectivity index (χ4n) is 3.37. The van der Waals surface area contributed by atoms with Crippen molar-refractivity contribution in [2.45, 2.75) is 18.9 Å². The number of hydrogen-bond acceptors (Lipinski definition) is 3. The van der Waals surface area contributed by atoms with Crippen LogP contribution in [-0.2, 0) is 11.2 Å². The molecule has 1 aromatic carbocycles. The quantitative estimate of drug-likeness (QED) is 0.916. The van der Waals surface area contributed by atoms with Gasteiger partial charge in [0, 0.05) is 36.7 Å². The van der Waals surface area contributed by atoms with Crippen LogP contribution < -0.4 is 0 Å². The maximum atomic E-state index is 10.7. The molecule has 1 aliphatic heterocycles. The van der Waals surface area contributed by atoms with E-state index in [9.17, 15) is 4.79 Å². The zero-order chi connectivity index (χ0) is 14.1. The Morgan fingerprint density at radius 2 is 2.05 bits per heavy atom. The van der Waals surface area contributed by atoms with Crippen LogP contribution in [0.1, 0.15) is 23.6 Å². The Balaban J connectivity index is 1.64. The fraction of sp³-hybridized carbons (Fsp3) is 0.533. The SMILES string of the molecule is O=C(O)CN1CCN(C2CCc3cc(Br)ccc32)CC1. The number of halogens is 1. The van der Waals surface area contributed by atoms with Gasteiger partial charge in [0.15, 0.2) is 0 Å². The smallest absolute Gasteiger partial charge is 0.317 e. The minimum absolute atomic E-state index is 0.169. The first kappa shape index (κ1) is 14.0. The van der Waals surface area contributed by atoms with E-state index in [1.54, 1.807) is 0 Å². The predicted molar refractivity (Wildman–Crippen MR) is 80.9 cm³/mol. The molecule has 1 aliphatic carbocycles. The number of rotatable bonds is 3. The molecule has 1 unspecified atom stereocenters. The number of nitrogens with zero attached hydrogens (tertiary/aromatic N) is 2. The second kappa shape index (κ2) is 5.84. The van der Waals surface area contributed by atoms with E-state index >= 15 is 0 Å². The first-order valence-corrected chi connectivity index (χ1v) is 7.89. The van der Waals surface area contributed by atoms with Gasteiger partial charge in [-0.3, -0.25) is 14.6 Å². The molecule has 4 nitrogen and oxygen atoms in total. The summed E-state index contributed by atoms with van der Waals surface area (Å²) in [6.07, 6.45) is 2.33. The van der Waals surface area contributed by atoms with Crippen molar-refractivity contribution in [3.05, 3.63) is 33.8 Å². The van der Waals surface area contributed by atoms with Gasteiger partial charge in [-0.25, -0.2) is 0 Å². The van der Waals surface area contributed by atoms with Crippen molar-refractivity contribution in [1.82, 2.24) is 9.80 Å². The molecule has 0 aromatic heterocycles. The number of carbonyl (C=O) groups is 1. The van der Waals surface area contributed by atoms with Crippen LogP contribution in [0.2, 0.25) is 0 Å². The molecular weight excluding hydrogens is 320 g/mol. The lowest BCUT2D eigenvalue weighted by Crippen LogP contribution is -2.48. The van der Waals surface area contributed by atoms with E-state index in [-0.39, 0.29) is 6.54 Å². The lowest BCUT2D eigenvalue weighted by Gasteiger charge is -2.37. The molecular formula is C15H19BrN2O2. The first-order chi connectivity index (χ1) is 9.63. The molecule has 1 atom stereocenters. The third-order valence-corrected chi connectivity index (χ3v) is 4.85. The molecule has 0 amide bonds. The predicted octanol–water partition coefficient (Wildman–Crippen LogP) is 2.14. The molecule has 1 saturated heterocycles. The molecule has 0 saturated carbocycles. The van der Waals surface area contributed by atoms with E-state index in [2.05, 4.69) is 39.0 Å². The number of piperazine rings is 1. The molecule has 1 heterocycles. The largest absolute Gasteiger partial charge is 0.480 e. The molecule has 2 aliphatic rings. The van der Waals surface area contributed by atoms with Gasteiger partial charge in [0.2, 0.25) is 0 Å². The molecule has 1 N–H and O–H groups in total. The summed E-state index contributed by atoms with van der Waals surface area (Å²) >= 11 is 3.54. The minimum atomic E-state index is -0.727. The molecule has 3 rings (SSSR count). The van der Waals surface area contributed by atoms with Crippen LogP contribution in [0, 0.1) is 0 Å². The van der Waals surface area contributed by atoms with Gasteiger partial charge in [-0.2, -0.15) is 0 Å². The summed E-state index contributed by atoms with van der Waals surface area (Å²) in [6, 6.07) is 7.11. The second-order valence-corrected chi connectivity index (χ2v) is 6.52. The maximum Gasteiger partial charge on any atom is 0.317 e. The Morgan fingerprint density at radius 3 is 2.75 bits per heavy atom. The highest BCUT2D eigenvalue weighted by atomic mass is 79.9. The van der Waals surface area contributed by atoms with Crippen molar-refractivity contribution in [3.63, 3.8) is 0 Å².